The van der Waals surface area contributed by atoms with Gasteiger partial charge in [0.2, 0.25) is 23.6 Å². The molecule has 1 saturated heterocycles. The van der Waals surface area contributed by atoms with Crippen molar-refractivity contribution >= 4 is 70.5 Å². The first-order valence-corrected chi connectivity index (χ1v) is 30.0. The molecule has 28 heteroatoms. The molecule has 4 aliphatic rings. The third-order valence-electron chi connectivity index (χ3n) is 16.2. The van der Waals surface area contributed by atoms with E-state index in [9.17, 15) is 53.1 Å². The number of imide groups is 1. The van der Waals surface area contributed by atoms with Crippen LogP contribution in [-0.4, -0.2) is 181 Å². The monoisotopic (exact) mass is 1240 g/mol. The molecule has 1 saturated carbocycles. The second kappa shape index (κ2) is 29.5. The molecule has 89 heavy (non-hydrogen) atoms. The summed E-state index contributed by atoms with van der Waals surface area (Å²) < 4.78 is 29.3. The number of benzene rings is 2. The standard InChI is InChI=1S/C61H80N12O16/c1-8-40-42-29-39(18-19-46(42)66-51-43(40)32-72-48(51)31-45-44(54(72)77)34-87-56(79)61(45,84)9-2)89-60(83)71(25-26-85-27-28-86-58(81)64-21-22-69(5)6)24-23-70(7)59(82)88-33-36-12-16-38(17-13-36)65-52(75)47(11-10-20-63-57(62)80)67-53(76)50(35(3)4)68-73-49(74)30-41(55(73)78)37-14-15-37/h12-13,16-19,29,31,35,37,41,47,50,68,84H,8-11,14-15,20-28,30,32-34H2,1-7H3,(H,64,81)(H,65,75)(H,67,76)(H3,62,63,80)/t41?,47-,50-,61?/m0/s1. The number of esters is 1. The molecule has 0 radical (unpaired) electrons. The smallest absolute Gasteiger partial charge is 0.415 e. The second-order valence-electron chi connectivity index (χ2n) is 23.1. The molecule has 8 rings (SSSR count). The average Bonchev–Trinajstić information content (AvgIpc) is 1.70. The number of pyridine rings is 2. The molecule has 4 aromatic rings. The number of urea groups is 1. The van der Waals surface area contributed by atoms with E-state index in [-0.39, 0.29) is 120 Å². The van der Waals surface area contributed by atoms with Gasteiger partial charge in [-0.3, -0.25) is 24.0 Å². The number of ether oxygens (including phenoxy) is 5. The highest BCUT2D eigenvalue weighted by Crippen LogP contribution is 2.43. The lowest BCUT2D eigenvalue weighted by Gasteiger charge is -2.31. The van der Waals surface area contributed by atoms with Gasteiger partial charge in [0, 0.05) is 74.9 Å². The Morgan fingerprint density at radius 1 is 0.865 bits per heavy atom. The maximum atomic E-state index is 14.1. The van der Waals surface area contributed by atoms with Crippen LogP contribution in [0.15, 0.2) is 53.3 Å². The Hall–Kier alpha value is -8.73. The summed E-state index contributed by atoms with van der Waals surface area (Å²) in [5, 5.41) is 23.6. The van der Waals surface area contributed by atoms with Gasteiger partial charge in [0.15, 0.2) is 5.60 Å². The number of hydrogen-bond donors (Lipinski definition) is 7. The largest absolute Gasteiger partial charge is 0.458 e. The van der Waals surface area contributed by atoms with Gasteiger partial charge in [-0.15, -0.1) is 0 Å². The Labute approximate surface area is 514 Å². The highest BCUT2D eigenvalue weighted by atomic mass is 16.6. The van der Waals surface area contributed by atoms with Crippen LogP contribution in [0.3, 0.4) is 0 Å². The van der Waals surface area contributed by atoms with Crippen LogP contribution in [0.2, 0.25) is 0 Å². The molecule has 0 bridgehead atoms. The van der Waals surface area contributed by atoms with Gasteiger partial charge in [-0.05, 0) is 112 Å². The lowest BCUT2D eigenvalue weighted by atomic mass is 9.86. The molecule has 480 valence electrons. The predicted octanol–water partition coefficient (Wildman–Crippen LogP) is 3.20. The van der Waals surface area contributed by atoms with Gasteiger partial charge < -0.3 is 75.1 Å². The first-order chi connectivity index (χ1) is 42.5. The number of nitrogens with two attached hydrogens (primary N) is 1. The van der Waals surface area contributed by atoms with Crippen molar-refractivity contribution in [1.82, 2.24) is 50.6 Å². The Kier molecular flexibility index (Phi) is 22.0. The fourth-order valence-electron chi connectivity index (χ4n) is 10.9. The summed E-state index contributed by atoms with van der Waals surface area (Å²) >= 11 is 0. The molecule has 8 N–H and O–H groups in total. The van der Waals surface area contributed by atoms with Gasteiger partial charge in [-0.2, -0.15) is 0 Å². The second-order valence-corrected chi connectivity index (χ2v) is 23.1. The van der Waals surface area contributed by atoms with Gasteiger partial charge in [-0.25, -0.2) is 39.4 Å². The van der Waals surface area contributed by atoms with Crippen molar-refractivity contribution in [2.45, 2.75) is 110 Å². The number of aryl methyl sites for hydroxylation is 1. The van der Waals surface area contributed by atoms with Gasteiger partial charge in [-0.1, -0.05) is 39.8 Å². The van der Waals surface area contributed by atoms with E-state index in [0.29, 0.717) is 53.1 Å². The van der Waals surface area contributed by atoms with Crippen LogP contribution in [0, 0.1) is 17.8 Å². The van der Waals surface area contributed by atoms with Crippen LogP contribution < -0.4 is 42.7 Å². The number of alkyl carbamates (subject to hydrolysis) is 1. The number of nitrogens with zero attached hydrogens (tertiary/aromatic N) is 6. The van der Waals surface area contributed by atoms with Crippen molar-refractivity contribution in [2.75, 3.05) is 85.5 Å². The number of anilines is 1. The van der Waals surface area contributed by atoms with Gasteiger partial charge in [0.1, 0.15) is 37.7 Å². The molecule has 9 amide bonds. The lowest BCUT2D eigenvalue weighted by Crippen LogP contribution is -2.58. The zero-order valence-electron chi connectivity index (χ0n) is 51.3. The number of aromatic nitrogens is 2. The van der Waals surface area contributed by atoms with Crippen LogP contribution in [0.5, 0.6) is 5.75 Å². The number of likely N-dealkylation sites (N-methyl/N-ethyl adjacent to an activating group) is 2. The highest BCUT2D eigenvalue weighted by molar-refractivity contribution is 6.04. The lowest BCUT2D eigenvalue weighted by molar-refractivity contribution is -0.172. The van der Waals surface area contributed by atoms with Gasteiger partial charge >= 0.3 is 30.3 Å². The molecule has 0 spiro atoms. The first-order valence-electron chi connectivity index (χ1n) is 30.0. The number of cyclic esters (lactones) is 1. The summed E-state index contributed by atoms with van der Waals surface area (Å²) in [5.74, 6) is -3.30. The molecule has 28 nitrogen and oxygen atoms in total. The maximum Gasteiger partial charge on any atom is 0.415 e. The molecule has 1 aliphatic carbocycles. The van der Waals surface area contributed by atoms with Crippen LogP contribution in [-0.2, 0) is 74.7 Å². The maximum absolute atomic E-state index is 14.1. The molecule has 3 aliphatic heterocycles. The molecular formula is C61H80N12O16. The number of hydrogen-bond acceptors (Lipinski definition) is 19. The van der Waals surface area contributed by atoms with Crippen LogP contribution >= 0.6 is 0 Å². The predicted molar refractivity (Wildman–Crippen MR) is 321 cm³/mol. The number of rotatable bonds is 29. The Bertz CT molecular complexity index is 3390. The zero-order valence-corrected chi connectivity index (χ0v) is 51.3. The van der Waals surface area contributed by atoms with E-state index in [4.69, 9.17) is 34.4 Å². The van der Waals surface area contributed by atoms with Crippen LogP contribution in [0.25, 0.3) is 22.3 Å². The highest BCUT2D eigenvalue weighted by Gasteiger charge is 2.49. The number of carbonyl (C=O) groups excluding carboxylic acids is 9. The minimum absolute atomic E-state index is 0.00192. The Morgan fingerprint density at radius 2 is 1.62 bits per heavy atom. The summed E-state index contributed by atoms with van der Waals surface area (Å²) in [6, 6.07) is 10.1. The van der Waals surface area contributed by atoms with Crippen molar-refractivity contribution in [3.63, 3.8) is 0 Å². The van der Waals surface area contributed by atoms with Gasteiger partial charge in [0.05, 0.1) is 48.1 Å². The van der Waals surface area contributed by atoms with Crippen molar-refractivity contribution in [2.24, 2.45) is 23.5 Å². The van der Waals surface area contributed by atoms with Crippen molar-refractivity contribution in [3.05, 3.63) is 86.7 Å². The van der Waals surface area contributed by atoms with Crippen LogP contribution in [0.1, 0.15) is 94.0 Å². The van der Waals surface area contributed by atoms with E-state index >= 15 is 0 Å². The minimum Gasteiger partial charge on any atom is -0.458 e. The summed E-state index contributed by atoms with van der Waals surface area (Å²) in [7, 11) is 5.25. The van der Waals surface area contributed by atoms with E-state index in [0.717, 1.165) is 29.0 Å². The molecule has 4 atom stereocenters. The molecule has 5 heterocycles. The van der Waals surface area contributed by atoms with Crippen LogP contribution in [0.4, 0.5) is 24.9 Å². The number of aliphatic hydroxyl groups is 1. The minimum atomic E-state index is -1.98. The molecule has 2 aromatic carbocycles. The van der Waals surface area contributed by atoms with E-state index < -0.39 is 83.1 Å². The number of primary amides is 1. The van der Waals surface area contributed by atoms with Crippen molar-refractivity contribution in [1.29, 1.82) is 0 Å². The average molecular weight is 1240 g/mol. The number of nitrogens with one attached hydrogen (secondary N) is 5. The van der Waals surface area contributed by atoms with E-state index in [1.54, 1.807) is 73.9 Å². The zero-order chi connectivity index (χ0) is 64.3. The first kappa shape index (κ1) is 66.2. The third kappa shape index (κ3) is 16.1. The summed E-state index contributed by atoms with van der Waals surface area (Å²) in [6.45, 7) is 7.89. The van der Waals surface area contributed by atoms with Crippen molar-refractivity contribution < 1.29 is 71.9 Å². The molecule has 2 fully saturated rings. The Morgan fingerprint density at radius 3 is 2.30 bits per heavy atom. The molecular weight excluding hydrogens is 1160 g/mol. The SMILES string of the molecule is CCc1c2c(nc3ccc(OC(=O)N(CCOCCOC(=O)NCCN(C)C)CCN(C)C(=O)OCc4ccc(NC(=O)[C@H](CCCNC(N)=O)NC(=O)[C@@H](NN5C(=O)CC(C6CC6)C5=O)C(C)C)cc4)cc13)-c1cc3c(c(=O)n1C2)COC(=O)C3(O)CC. The van der Waals surface area contributed by atoms with Gasteiger partial charge in [0.25, 0.3) is 5.56 Å². The van der Waals surface area contributed by atoms with E-state index in [1.165, 1.54) is 16.8 Å². The quantitative estimate of drug-likeness (QED) is 0.0156. The van der Waals surface area contributed by atoms with E-state index in [2.05, 4.69) is 26.7 Å². The Balaban J connectivity index is 0.885. The van der Waals surface area contributed by atoms with Crippen molar-refractivity contribution in [3.8, 4) is 17.1 Å². The summed E-state index contributed by atoms with van der Waals surface area (Å²) in [5.41, 5.74) is 10.2. The summed E-state index contributed by atoms with van der Waals surface area (Å²) in [4.78, 5) is 141. The number of hydrazine groups is 1. The number of carbonyl (C=O) groups is 9. The number of amides is 9. The normalized spacial score (nSPS) is 17.3. The fraction of sp³-hybridized carbons (Fsp3) is 0.525. The summed E-state index contributed by atoms with van der Waals surface area (Å²) in [6.07, 6.45) is 0.576. The molecule has 2 aromatic heterocycles. The topological polar surface area (TPSA) is 354 Å². The number of fused-ring (bicyclic) bond motifs is 5. The molecule has 2 unspecified atom stereocenters. The van der Waals surface area contributed by atoms with E-state index in [1.807, 2.05) is 25.9 Å². The third-order valence-corrected chi connectivity index (χ3v) is 16.2. The fourth-order valence-corrected chi connectivity index (χ4v) is 10.9.